The van der Waals surface area contributed by atoms with Crippen LogP contribution < -0.4 is 10.6 Å². The molecule has 0 spiro atoms. The largest absolute Gasteiger partial charge is 0.469 e. The summed E-state index contributed by atoms with van der Waals surface area (Å²) in [4.78, 5) is 23.1. The number of fused-ring (bicyclic) bond motifs is 2. The van der Waals surface area contributed by atoms with Crippen LogP contribution in [0, 0.1) is 17.3 Å². The van der Waals surface area contributed by atoms with Crippen molar-refractivity contribution in [2.45, 2.75) is 12.8 Å². The highest BCUT2D eigenvalue weighted by molar-refractivity contribution is 5.91. The Morgan fingerprint density at radius 3 is 2.58 bits per heavy atom. The molecule has 4 rings (SSSR count). The number of nitrogens with two attached hydrogens (primary N) is 1. The van der Waals surface area contributed by atoms with Crippen molar-refractivity contribution in [1.29, 1.82) is 0 Å². The van der Waals surface area contributed by atoms with Gasteiger partial charge >= 0.3 is 5.97 Å². The number of aromatic nitrogens is 2. The first kappa shape index (κ1) is 20.7. The number of ether oxygens (including phenoxy) is 1. The van der Waals surface area contributed by atoms with Gasteiger partial charge in [0, 0.05) is 43.1 Å². The van der Waals surface area contributed by atoms with Crippen LogP contribution >= 0.6 is 24.8 Å². The fourth-order valence-electron chi connectivity index (χ4n) is 4.58. The second-order valence-corrected chi connectivity index (χ2v) is 7.03. The van der Waals surface area contributed by atoms with Crippen LogP contribution in [-0.4, -0.2) is 42.7 Å². The number of halogens is 2. The molecule has 2 aromatic rings. The summed E-state index contributed by atoms with van der Waals surface area (Å²) in [6.45, 7) is 2.27. The summed E-state index contributed by atoms with van der Waals surface area (Å²) in [7, 11) is 1.46. The molecule has 2 aliphatic rings. The number of anilines is 1. The van der Waals surface area contributed by atoms with E-state index in [0.717, 1.165) is 36.8 Å². The average Bonchev–Trinajstić information content (AvgIpc) is 3.17. The standard InChI is InChI=1S/C18H22N4O2.2ClH/c1-24-17(23)18(11-19)6-12-9-22(10-13(12)7-18)16-3-5-21-15-8-20-4-2-14(15)16;;/h2-5,8,12-13H,6-7,9-11,19H2,1H3;2*1H. The molecular weight excluding hydrogens is 375 g/mol. The number of methoxy groups -OCH3 is 1. The van der Waals surface area contributed by atoms with Crippen LogP contribution in [0.4, 0.5) is 5.69 Å². The zero-order valence-corrected chi connectivity index (χ0v) is 16.3. The number of carbonyl (C=O) groups is 1. The van der Waals surface area contributed by atoms with Gasteiger partial charge in [-0.1, -0.05) is 0 Å². The molecule has 2 N–H and O–H groups in total. The lowest BCUT2D eigenvalue weighted by Gasteiger charge is -2.28. The lowest BCUT2D eigenvalue weighted by atomic mass is 9.84. The molecule has 0 bridgehead atoms. The van der Waals surface area contributed by atoms with Crippen LogP contribution in [0.2, 0.25) is 0 Å². The molecule has 3 heterocycles. The van der Waals surface area contributed by atoms with E-state index >= 15 is 0 Å². The minimum atomic E-state index is -0.486. The third-order valence-electron chi connectivity index (χ3n) is 5.75. The second kappa shape index (κ2) is 7.94. The summed E-state index contributed by atoms with van der Waals surface area (Å²) in [6.07, 6.45) is 7.09. The topological polar surface area (TPSA) is 81.3 Å². The minimum Gasteiger partial charge on any atom is -0.469 e. The summed E-state index contributed by atoms with van der Waals surface area (Å²) in [5.41, 5.74) is 7.57. The lowest BCUT2D eigenvalue weighted by molar-refractivity contribution is -0.152. The molecule has 0 amide bonds. The van der Waals surface area contributed by atoms with Gasteiger partial charge in [-0.15, -0.1) is 24.8 Å². The van der Waals surface area contributed by atoms with Gasteiger partial charge in [0.25, 0.3) is 0 Å². The van der Waals surface area contributed by atoms with Crippen LogP contribution in [0.25, 0.3) is 10.9 Å². The van der Waals surface area contributed by atoms with Gasteiger partial charge in [0.05, 0.1) is 24.2 Å². The molecule has 26 heavy (non-hydrogen) atoms. The first-order chi connectivity index (χ1) is 11.7. The van der Waals surface area contributed by atoms with Crippen LogP contribution in [-0.2, 0) is 9.53 Å². The summed E-state index contributed by atoms with van der Waals surface area (Å²) in [5, 5.41) is 1.13. The molecule has 1 saturated heterocycles. The normalized spacial score (nSPS) is 26.8. The number of rotatable bonds is 3. The Bertz CT molecular complexity index is 769. The van der Waals surface area contributed by atoms with Gasteiger partial charge < -0.3 is 15.4 Å². The molecule has 1 aliphatic carbocycles. The smallest absolute Gasteiger partial charge is 0.313 e. The monoisotopic (exact) mass is 398 g/mol. The van der Waals surface area contributed by atoms with E-state index in [9.17, 15) is 4.79 Å². The highest BCUT2D eigenvalue weighted by Crippen LogP contribution is 2.50. The maximum absolute atomic E-state index is 12.2. The molecule has 0 radical (unpaired) electrons. The third kappa shape index (κ3) is 3.21. The van der Waals surface area contributed by atoms with Gasteiger partial charge in [0.2, 0.25) is 0 Å². The Balaban J connectivity index is 0.00000121. The van der Waals surface area contributed by atoms with Gasteiger partial charge in [-0.2, -0.15) is 0 Å². The molecular formula is C18H24Cl2N4O2. The first-order valence-corrected chi connectivity index (χ1v) is 8.39. The summed E-state index contributed by atoms with van der Waals surface area (Å²) < 4.78 is 5.02. The fourth-order valence-corrected chi connectivity index (χ4v) is 4.58. The molecule has 6 nitrogen and oxygen atoms in total. The van der Waals surface area contributed by atoms with Crippen molar-refractivity contribution in [3.8, 4) is 0 Å². The molecule has 1 aliphatic heterocycles. The Morgan fingerprint density at radius 1 is 1.27 bits per heavy atom. The summed E-state index contributed by atoms with van der Waals surface area (Å²) in [6, 6.07) is 4.09. The lowest BCUT2D eigenvalue weighted by Crippen LogP contribution is -2.39. The van der Waals surface area contributed by atoms with Crippen molar-refractivity contribution < 1.29 is 9.53 Å². The molecule has 2 unspecified atom stereocenters. The Kier molecular flexibility index (Phi) is 6.32. The first-order valence-electron chi connectivity index (χ1n) is 8.39. The predicted molar refractivity (Wildman–Crippen MR) is 106 cm³/mol. The van der Waals surface area contributed by atoms with Gasteiger partial charge in [0.15, 0.2) is 0 Å². The molecule has 2 atom stereocenters. The fraction of sp³-hybridized carbons (Fsp3) is 0.500. The van der Waals surface area contributed by atoms with Crippen molar-refractivity contribution in [3.05, 3.63) is 30.7 Å². The van der Waals surface area contributed by atoms with Gasteiger partial charge in [-0.25, -0.2) is 0 Å². The maximum atomic E-state index is 12.2. The second-order valence-electron chi connectivity index (χ2n) is 7.03. The van der Waals surface area contributed by atoms with Crippen molar-refractivity contribution in [1.82, 2.24) is 9.97 Å². The van der Waals surface area contributed by atoms with Crippen LogP contribution in [0.15, 0.2) is 30.7 Å². The predicted octanol–water partition coefficient (Wildman–Crippen LogP) is 2.44. The Morgan fingerprint density at radius 2 is 1.96 bits per heavy atom. The van der Waals surface area contributed by atoms with Gasteiger partial charge in [-0.3, -0.25) is 14.8 Å². The molecule has 1 saturated carbocycles. The van der Waals surface area contributed by atoms with Gasteiger partial charge in [-0.05, 0) is 36.8 Å². The minimum absolute atomic E-state index is 0. The number of pyridine rings is 2. The van der Waals surface area contributed by atoms with E-state index in [2.05, 4.69) is 20.9 Å². The van der Waals surface area contributed by atoms with E-state index in [1.165, 1.54) is 12.8 Å². The third-order valence-corrected chi connectivity index (χ3v) is 5.75. The van der Waals surface area contributed by atoms with E-state index in [1.807, 2.05) is 12.3 Å². The van der Waals surface area contributed by atoms with E-state index < -0.39 is 5.41 Å². The molecule has 8 heteroatoms. The maximum Gasteiger partial charge on any atom is 0.313 e. The Labute approximate surface area is 165 Å². The zero-order chi connectivity index (χ0) is 16.7. The molecule has 0 aromatic carbocycles. The number of hydrogen-bond donors (Lipinski definition) is 1. The van der Waals surface area contributed by atoms with Gasteiger partial charge in [0.1, 0.15) is 0 Å². The number of carbonyl (C=O) groups excluding carboxylic acids is 1. The van der Waals surface area contributed by atoms with E-state index in [0.29, 0.717) is 18.4 Å². The number of nitrogens with zero attached hydrogens (tertiary/aromatic N) is 3. The van der Waals surface area contributed by atoms with E-state index in [-0.39, 0.29) is 30.8 Å². The van der Waals surface area contributed by atoms with Crippen molar-refractivity contribution in [3.63, 3.8) is 0 Å². The molecule has 2 fully saturated rings. The van der Waals surface area contributed by atoms with E-state index in [1.54, 1.807) is 12.4 Å². The summed E-state index contributed by atoms with van der Waals surface area (Å²) >= 11 is 0. The summed E-state index contributed by atoms with van der Waals surface area (Å²) in [5.74, 6) is 0.821. The average molecular weight is 399 g/mol. The van der Waals surface area contributed by atoms with Crippen molar-refractivity contribution in [2.75, 3.05) is 31.6 Å². The number of hydrogen-bond acceptors (Lipinski definition) is 6. The SMILES string of the molecule is COC(=O)C1(CN)CC2CN(c3ccnc4cnccc34)CC2C1.Cl.Cl. The highest BCUT2D eigenvalue weighted by Gasteiger charge is 2.53. The molecule has 2 aromatic heterocycles. The zero-order valence-electron chi connectivity index (χ0n) is 14.6. The Hall–Kier alpha value is -1.63. The van der Waals surface area contributed by atoms with Crippen LogP contribution in [0.3, 0.4) is 0 Å². The van der Waals surface area contributed by atoms with E-state index in [4.69, 9.17) is 10.5 Å². The highest BCUT2D eigenvalue weighted by atomic mass is 35.5. The van der Waals surface area contributed by atoms with Crippen LogP contribution in [0.1, 0.15) is 12.8 Å². The van der Waals surface area contributed by atoms with Crippen molar-refractivity contribution in [2.24, 2.45) is 23.0 Å². The quantitative estimate of drug-likeness (QED) is 0.799. The van der Waals surface area contributed by atoms with Crippen LogP contribution in [0.5, 0.6) is 0 Å². The molecule has 142 valence electrons. The number of esters is 1. The van der Waals surface area contributed by atoms with Crippen molar-refractivity contribution >= 4 is 47.4 Å².